The Morgan fingerprint density at radius 2 is 2.37 bits per heavy atom. The van der Waals surface area contributed by atoms with Crippen LogP contribution in [0.15, 0.2) is 17.2 Å². The molecule has 104 valence electrons. The van der Waals surface area contributed by atoms with E-state index in [0.29, 0.717) is 13.1 Å². The van der Waals surface area contributed by atoms with Gasteiger partial charge in [0.2, 0.25) is 0 Å². The van der Waals surface area contributed by atoms with Gasteiger partial charge in [-0.15, -0.1) is 0 Å². The Balaban J connectivity index is 2.04. The van der Waals surface area contributed by atoms with E-state index < -0.39 is 0 Å². The Labute approximate surface area is 111 Å². The number of nitrogens with zero attached hydrogens (tertiary/aromatic N) is 2. The summed E-state index contributed by atoms with van der Waals surface area (Å²) in [5, 5.41) is 0. The molecule has 1 aliphatic heterocycles. The molecule has 6 nitrogen and oxygen atoms in total. The fourth-order valence-electron chi connectivity index (χ4n) is 2.21. The third-order valence-corrected chi connectivity index (χ3v) is 3.25. The number of aromatic nitrogens is 2. The fraction of sp³-hybridized carbons (Fsp3) is 0.615. The van der Waals surface area contributed by atoms with E-state index in [2.05, 4.69) is 9.97 Å². The third-order valence-electron chi connectivity index (χ3n) is 3.25. The van der Waals surface area contributed by atoms with Crippen LogP contribution in [-0.4, -0.2) is 46.6 Å². The maximum atomic E-state index is 12.3. The summed E-state index contributed by atoms with van der Waals surface area (Å²) in [6.07, 6.45) is 5.84. The van der Waals surface area contributed by atoms with Crippen molar-refractivity contribution in [1.29, 1.82) is 0 Å². The fourth-order valence-corrected chi connectivity index (χ4v) is 2.21. The molecule has 1 amide bonds. The van der Waals surface area contributed by atoms with Gasteiger partial charge in [0.1, 0.15) is 5.69 Å². The molecule has 1 atom stereocenters. The van der Waals surface area contributed by atoms with Crippen LogP contribution in [0.3, 0.4) is 0 Å². The highest BCUT2D eigenvalue weighted by Gasteiger charge is 2.21. The van der Waals surface area contributed by atoms with Crippen molar-refractivity contribution in [1.82, 2.24) is 14.9 Å². The standard InChI is InChI=1S/C13H19N3O3/c1-2-16(9-10-5-3-4-6-19-10)13(18)11-7-14-8-12(17)15-11/h7-8,10H,2-6,9H2,1H3,(H,15,17). The van der Waals surface area contributed by atoms with Crippen molar-refractivity contribution in [2.24, 2.45) is 0 Å². The van der Waals surface area contributed by atoms with Gasteiger partial charge >= 0.3 is 0 Å². The first-order valence-corrected chi connectivity index (χ1v) is 6.66. The molecule has 1 fully saturated rings. The number of carbonyl (C=O) groups excluding carboxylic acids is 1. The molecule has 1 saturated heterocycles. The highest BCUT2D eigenvalue weighted by atomic mass is 16.5. The molecule has 2 heterocycles. The molecule has 0 radical (unpaired) electrons. The molecular weight excluding hydrogens is 246 g/mol. The summed E-state index contributed by atoms with van der Waals surface area (Å²) < 4.78 is 5.64. The van der Waals surface area contributed by atoms with Gasteiger partial charge in [-0.2, -0.15) is 0 Å². The lowest BCUT2D eigenvalue weighted by Gasteiger charge is -2.29. The zero-order valence-electron chi connectivity index (χ0n) is 11.1. The number of carbonyl (C=O) groups is 1. The number of ether oxygens (including phenoxy) is 1. The predicted molar refractivity (Wildman–Crippen MR) is 70.0 cm³/mol. The van der Waals surface area contributed by atoms with Gasteiger partial charge in [-0.25, -0.2) is 0 Å². The smallest absolute Gasteiger partial charge is 0.272 e. The van der Waals surface area contributed by atoms with Gasteiger partial charge in [0.25, 0.3) is 11.5 Å². The second-order valence-corrected chi connectivity index (χ2v) is 4.64. The maximum absolute atomic E-state index is 12.3. The summed E-state index contributed by atoms with van der Waals surface area (Å²) in [5.41, 5.74) is -0.138. The Morgan fingerprint density at radius 3 is 3.00 bits per heavy atom. The number of nitrogens with one attached hydrogen (secondary N) is 1. The average Bonchev–Trinajstić information content (AvgIpc) is 2.45. The Morgan fingerprint density at radius 1 is 1.53 bits per heavy atom. The molecule has 1 aliphatic rings. The summed E-state index contributed by atoms with van der Waals surface area (Å²) in [7, 11) is 0. The average molecular weight is 265 g/mol. The lowest BCUT2D eigenvalue weighted by Crippen LogP contribution is -2.40. The van der Waals surface area contributed by atoms with E-state index in [9.17, 15) is 9.59 Å². The molecule has 6 heteroatoms. The minimum absolute atomic E-state index is 0.0982. The number of likely N-dealkylation sites (N-methyl/N-ethyl adjacent to an activating group) is 1. The van der Waals surface area contributed by atoms with Crippen LogP contribution in [0.5, 0.6) is 0 Å². The van der Waals surface area contributed by atoms with Gasteiger partial charge < -0.3 is 14.6 Å². The van der Waals surface area contributed by atoms with Crippen LogP contribution in [0.1, 0.15) is 36.7 Å². The molecule has 0 spiro atoms. The zero-order valence-corrected chi connectivity index (χ0v) is 11.1. The molecule has 0 aliphatic carbocycles. The van der Waals surface area contributed by atoms with E-state index in [0.717, 1.165) is 32.1 Å². The van der Waals surface area contributed by atoms with E-state index >= 15 is 0 Å². The first kappa shape index (κ1) is 13.7. The molecule has 1 aromatic rings. The minimum atomic E-state index is -0.365. The van der Waals surface area contributed by atoms with Crippen LogP contribution in [0, 0.1) is 0 Å². The molecule has 0 saturated carbocycles. The van der Waals surface area contributed by atoms with E-state index in [1.807, 2.05) is 6.92 Å². The summed E-state index contributed by atoms with van der Waals surface area (Å²) in [6, 6.07) is 0. The van der Waals surface area contributed by atoms with Crippen molar-refractivity contribution >= 4 is 5.91 Å². The number of hydrogen-bond acceptors (Lipinski definition) is 4. The Bertz CT molecular complexity index is 480. The summed E-state index contributed by atoms with van der Waals surface area (Å²) in [5.74, 6) is -0.207. The second-order valence-electron chi connectivity index (χ2n) is 4.64. The molecule has 2 rings (SSSR count). The normalized spacial score (nSPS) is 19.1. The monoisotopic (exact) mass is 265 g/mol. The molecule has 1 unspecified atom stereocenters. The first-order chi connectivity index (χ1) is 9.20. The van der Waals surface area contributed by atoms with Crippen LogP contribution in [0.2, 0.25) is 0 Å². The van der Waals surface area contributed by atoms with Crippen molar-refractivity contribution in [3.63, 3.8) is 0 Å². The lowest BCUT2D eigenvalue weighted by molar-refractivity contribution is -0.00324. The second kappa shape index (κ2) is 6.47. The summed E-state index contributed by atoms with van der Waals surface area (Å²) in [6.45, 7) is 3.82. The molecule has 0 aromatic carbocycles. The van der Waals surface area contributed by atoms with Crippen LogP contribution in [-0.2, 0) is 4.74 Å². The lowest BCUT2D eigenvalue weighted by atomic mass is 10.1. The van der Waals surface area contributed by atoms with Gasteiger partial charge in [-0.1, -0.05) is 0 Å². The van der Waals surface area contributed by atoms with E-state index in [1.165, 1.54) is 6.20 Å². The van der Waals surface area contributed by atoms with Crippen LogP contribution >= 0.6 is 0 Å². The number of aromatic amines is 1. The van der Waals surface area contributed by atoms with Crippen molar-refractivity contribution in [2.45, 2.75) is 32.3 Å². The zero-order chi connectivity index (χ0) is 13.7. The van der Waals surface area contributed by atoms with E-state index in [1.54, 1.807) is 4.90 Å². The minimum Gasteiger partial charge on any atom is -0.376 e. The molecule has 19 heavy (non-hydrogen) atoms. The van der Waals surface area contributed by atoms with E-state index in [-0.39, 0.29) is 23.3 Å². The van der Waals surface area contributed by atoms with Gasteiger partial charge in [0.15, 0.2) is 0 Å². The van der Waals surface area contributed by atoms with Gasteiger partial charge in [0, 0.05) is 19.7 Å². The first-order valence-electron chi connectivity index (χ1n) is 6.66. The topological polar surface area (TPSA) is 75.3 Å². The van der Waals surface area contributed by atoms with Crippen molar-refractivity contribution in [2.75, 3.05) is 19.7 Å². The third kappa shape index (κ3) is 3.64. The largest absolute Gasteiger partial charge is 0.376 e. The van der Waals surface area contributed by atoms with Crippen LogP contribution in [0.4, 0.5) is 0 Å². The number of amides is 1. The van der Waals surface area contributed by atoms with Crippen LogP contribution in [0.25, 0.3) is 0 Å². The van der Waals surface area contributed by atoms with Crippen LogP contribution < -0.4 is 5.56 Å². The highest BCUT2D eigenvalue weighted by Crippen LogP contribution is 2.14. The number of hydrogen-bond donors (Lipinski definition) is 1. The molecule has 0 bridgehead atoms. The maximum Gasteiger partial charge on any atom is 0.272 e. The highest BCUT2D eigenvalue weighted by molar-refractivity contribution is 5.91. The van der Waals surface area contributed by atoms with Gasteiger partial charge in [-0.05, 0) is 26.2 Å². The van der Waals surface area contributed by atoms with Gasteiger partial charge in [0.05, 0.1) is 18.5 Å². The summed E-state index contributed by atoms with van der Waals surface area (Å²) in [4.78, 5) is 31.4. The van der Waals surface area contributed by atoms with Crippen molar-refractivity contribution in [3.05, 3.63) is 28.4 Å². The quantitative estimate of drug-likeness (QED) is 0.873. The van der Waals surface area contributed by atoms with E-state index in [4.69, 9.17) is 4.74 Å². The molecular formula is C13H19N3O3. The SMILES string of the molecule is CCN(CC1CCCCO1)C(=O)c1cncc(=O)[nH]1. The predicted octanol–water partition coefficient (Wildman–Crippen LogP) is 0.801. The van der Waals surface area contributed by atoms with Gasteiger partial charge in [-0.3, -0.25) is 14.6 Å². The molecule has 1 aromatic heterocycles. The number of H-pyrrole nitrogens is 1. The Hall–Kier alpha value is -1.69. The Kier molecular flexibility index (Phi) is 4.68. The number of rotatable bonds is 4. The summed E-state index contributed by atoms with van der Waals surface area (Å²) >= 11 is 0. The van der Waals surface area contributed by atoms with Crippen molar-refractivity contribution in [3.8, 4) is 0 Å². The van der Waals surface area contributed by atoms with Crippen molar-refractivity contribution < 1.29 is 9.53 Å². The molecule has 1 N–H and O–H groups in total.